The summed E-state index contributed by atoms with van der Waals surface area (Å²) in [6.45, 7) is 9.26. The average molecular weight is 284 g/mol. The molecule has 0 bridgehead atoms. The molecule has 0 saturated heterocycles. The van der Waals surface area contributed by atoms with Crippen LogP contribution < -0.4 is 5.73 Å². The van der Waals surface area contributed by atoms with Crippen molar-refractivity contribution in [3.63, 3.8) is 0 Å². The van der Waals surface area contributed by atoms with Crippen LogP contribution in [0.15, 0.2) is 24.3 Å². The van der Waals surface area contributed by atoms with Gasteiger partial charge in [-0.3, -0.25) is 4.79 Å². The summed E-state index contributed by atoms with van der Waals surface area (Å²) < 4.78 is 2.22. The van der Waals surface area contributed by atoms with E-state index in [1.54, 1.807) is 0 Å². The Balaban J connectivity index is 2.60. The Morgan fingerprint density at radius 3 is 2.48 bits per heavy atom. The Morgan fingerprint density at radius 1 is 1.19 bits per heavy atom. The number of benzene rings is 1. The topological polar surface area (TPSA) is 48.0 Å². The Morgan fingerprint density at radius 2 is 1.90 bits per heavy atom. The number of primary amides is 1. The number of hydrogen-bond acceptors (Lipinski definition) is 1. The van der Waals surface area contributed by atoms with Crippen LogP contribution in [0.5, 0.6) is 0 Å². The van der Waals surface area contributed by atoms with E-state index in [1.165, 1.54) is 16.7 Å². The molecule has 1 aromatic heterocycles. The highest BCUT2D eigenvalue weighted by molar-refractivity contribution is 5.95. The zero-order chi connectivity index (χ0) is 15.6. The van der Waals surface area contributed by atoms with Crippen molar-refractivity contribution in [3.8, 4) is 11.3 Å². The largest absolute Gasteiger partial charge is 0.366 e. The van der Waals surface area contributed by atoms with Crippen LogP contribution in [-0.4, -0.2) is 10.5 Å². The number of carbonyl (C=O) groups is 1. The quantitative estimate of drug-likeness (QED) is 0.887. The van der Waals surface area contributed by atoms with E-state index in [0.717, 1.165) is 30.8 Å². The molecule has 0 saturated carbocycles. The van der Waals surface area contributed by atoms with Gasteiger partial charge in [-0.2, -0.15) is 0 Å². The van der Waals surface area contributed by atoms with E-state index in [4.69, 9.17) is 5.73 Å². The lowest BCUT2D eigenvalue weighted by Gasteiger charge is -2.13. The van der Waals surface area contributed by atoms with Crippen molar-refractivity contribution in [1.29, 1.82) is 0 Å². The van der Waals surface area contributed by atoms with Gasteiger partial charge >= 0.3 is 0 Å². The summed E-state index contributed by atoms with van der Waals surface area (Å²) in [4.78, 5) is 11.6. The summed E-state index contributed by atoms with van der Waals surface area (Å²) in [5, 5.41) is 0. The zero-order valence-corrected chi connectivity index (χ0v) is 13.4. The normalized spacial score (nSPS) is 10.9. The van der Waals surface area contributed by atoms with Crippen LogP contribution >= 0.6 is 0 Å². The lowest BCUT2D eigenvalue weighted by Crippen LogP contribution is -2.12. The zero-order valence-electron chi connectivity index (χ0n) is 13.4. The number of aryl methyl sites for hydroxylation is 2. The van der Waals surface area contributed by atoms with Crippen molar-refractivity contribution in [2.75, 3.05) is 0 Å². The number of aromatic nitrogens is 1. The van der Waals surface area contributed by atoms with E-state index in [0.29, 0.717) is 5.56 Å². The van der Waals surface area contributed by atoms with Crippen LogP contribution in [0, 0.1) is 20.8 Å². The van der Waals surface area contributed by atoms with E-state index in [2.05, 4.69) is 43.5 Å². The van der Waals surface area contributed by atoms with Gasteiger partial charge in [0, 0.05) is 23.5 Å². The SMILES string of the molecule is CCCCn1c(-c2ccc(C)cc2C)cc(C(N)=O)c1C. The Labute approximate surface area is 126 Å². The number of carbonyl (C=O) groups excluding carboxylic acids is 1. The maximum absolute atomic E-state index is 11.6. The van der Waals surface area contributed by atoms with Crippen LogP contribution in [0.4, 0.5) is 0 Å². The number of rotatable bonds is 5. The van der Waals surface area contributed by atoms with Gasteiger partial charge in [0.25, 0.3) is 5.91 Å². The van der Waals surface area contributed by atoms with Gasteiger partial charge in [0.1, 0.15) is 0 Å². The van der Waals surface area contributed by atoms with Crippen molar-refractivity contribution in [2.45, 2.75) is 47.1 Å². The molecule has 1 amide bonds. The van der Waals surface area contributed by atoms with Gasteiger partial charge in [0.2, 0.25) is 0 Å². The van der Waals surface area contributed by atoms with Crippen molar-refractivity contribution < 1.29 is 4.79 Å². The van der Waals surface area contributed by atoms with E-state index in [1.807, 2.05) is 13.0 Å². The Bertz CT molecular complexity index is 668. The summed E-state index contributed by atoms with van der Waals surface area (Å²) in [5.41, 5.74) is 11.8. The molecule has 1 heterocycles. The third-order valence-corrected chi connectivity index (χ3v) is 4.03. The minimum absolute atomic E-state index is 0.353. The maximum atomic E-state index is 11.6. The monoisotopic (exact) mass is 284 g/mol. The lowest BCUT2D eigenvalue weighted by molar-refractivity contribution is 0.0999. The summed E-state index contributed by atoms with van der Waals surface area (Å²) in [6, 6.07) is 8.35. The second-order valence-electron chi connectivity index (χ2n) is 5.72. The molecule has 112 valence electrons. The fourth-order valence-corrected chi connectivity index (χ4v) is 2.82. The first-order valence-electron chi connectivity index (χ1n) is 7.53. The summed E-state index contributed by atoms with van der Waals surface area (Å²) in [7, 11) is 0. The minimum atomic E-state index is -0.353. The van der Waals surface area contributed by atoms with E-state index < -0.39 is 0 Å². The van der Waals surface area contributed by atoms with Gasteiger partial charge < -0.3 is 10.3 Å². The molecular formula is C18H24N2O. The Kier molecular flexibility index (Phi) is 4.51. The predicted molar refractivity (Wildman–Crippen MR) is 87.5 cm³/mol. The van der Waals surface area contributed by atoms with Crippen molar-refractivity contribution in [3.05, 3.63) is 46.6 Å². The van der Waals surface area contributed by atoms with E-state index in [-0.39, 0.29) is 5.91 Å². The molecule has 0 fully saturated rings. The van der Waals surface area contributed by atoms with Crippen LogP contribution in [0.2, 0.25) is 0 Å². The number of nitrogens with zero attached hydrogens (tertiary/aromatic N) is 1. The average Bonchev–Trinajstić information content (AvgIpc) is 2.74. The fourth-order valence-electron chi connectivity index (χ4n) is 2.82. The molecule has 1 aromatic carbocycles. The smallest absolute Gasteiger partial charge is 0.250 e. The summed E-state index contributed by atoms with van der Waals surface area (Å²) in [5.74, 6) is -0.353. The van der Waals surface area contributed by atoms with Gasteiger partial charge in [-0.15, -0.1) is 0 Å². The molecule has 2 rings (SSSR count). The molecule has 21 heavy (non-hydrogen) atoms. The number of amides is 1. The highest BCUT2D eigenvalue weighted by Crippen LogP contribution is 2.29. The second kappa shape index (κ2) is 6.17. The van der Waals surface area contributed by atoms with Crippen molar-refractivity contribution in [1.82, 2.24) is 4.57 Å². The van der Waals surface area contributed by atoms with Crippen LogP contribution in [-0.2, 0) is 6.54 Å². The van der Waals surface area contributed by atoms with E-state index in [9.17, 15) is 4.79 Å². The van der Waals surface area contributed by atoms with Gasteiger partial charge in [0.15, 0.2) is 0 Å². The van der Waals surface area contributed by atoms with Crippen molar-refractivity contribution >= 4 is 5.91 Å². The highest BCUT2D eigenvalue weighted by Gasteiger charge is 2.17. The molecule has 0 atom stereocenters. The van der Waals surface area contributed by atoms with Gasteiger partial charge in [-0.25, -0.2) is 0 Å². The lowest BCUT2D eigenvalue weighted by atomic mass is 10.0. The molecule has 0 radical (unpaired) electrons. The molecule has 0 spiro atoms. The first kappa shape index (κ1) is 15.4. The van der Waals surface area contributed by atoms with E-state index >= 15 is 0 Å². The first-order chi connectivity index (χ1) is 9.95. The molecule has 2 aromatic rings. The van der Waals surface area contributed by atoms with Crippen LogP contribution in [0.25, 0.3) is 11.3 Å². The van der Waals surface area contributed by atoms with Gasteiger partial charge in [-0.05, 0) is 38.8 Å². The highest BCUT2D eigenvalue weighted by atomic mass is 16.1. The molecule has 3 heteroatoms. The number of hydrogen-bond donors (Lipinski definition) is 1. The maximum Gasteiger partial charge on any atom is 0.250 e. The van der Waals surface area contributed by atoms with Crippen LogP contribution in [0.1, 0.15) is 46.9 Å². The molecule has 0 aliphatic carbocycles. The standard InChI is InChI=1S/C18H24N2O/c1-5-6-9-20-14(4)16(18(19)21)11-17(20)15-8-7-12(2)10-13(15)3/h7-8,10-11H,5-6,9H2,1-4H3,(H2,19,21). The van der Waals surface area contributed by atoms with Gasteiger partial charge in [-0.1, -0.05) is 37.1 Å². The molecule has 0 unspecified atom stereocenters. The Hall–Kier alpha value is -2.03. The van der Waals surface area contributed by atoms with Crippen molar-refractivity contribution in [2.24, 2.45) is 5.73 Å². The number of unbranched alkanes of at least 4 members (excludes halogenated alkanes) is 1. The second-order valence-corrected chi connectivity index (χ2v) is 5.72. The third-order valence-electron chi connectivity index (χ3n) is 4.03. The summed E-state index contributed by atoms with van der Waals surface area (Å²) in [6.07, 6.45) is 2.21. The fraction of sp³-hybridized carbons (Fsp3) is 0.389. The minimum Gasteiger partial charge on any atom is -0.366 e. The third kappa shape index (κ3) is 3.02. The molecule has 0 aliphatic rings. The molecule has 3 nitrogen and oxygen atoms in total. The molecule has 0 aliphatic heterocycles. The predicted octanol–water partition coefficient (Wildman–Crippen LogP) is 3.98. The number of nitrogens with two attached hydrogens (primary N) is 1. The van der Waals surface area contributed by atoms with Crippen LogP contribution in [0.3, 0.4) is 0 Å². The first-order valence-corrected chi connectivity index (χ1v) is 7.53. The molecular weight excluding hydrogens is 260 g/mol. The molecule has 2 N–H and O–H groups in total. The summed E-state index contributed by atoms with van der Waals surface area (Å²) >= 11 is 0. The van der Waals surface area contributed by atoms with Gasteiger partial charge in [0.05, 0.1) is 5.56 Å².